The molecule has 0 bridgehead atoms. The first-order valence-electron chi connectivity index (χ1n) is 5.43. The lowest BCUT2D eigenvalue weighted by atomic mass is 10.3. The molecule has 2 rings (SSSR count). The Morgan fingerprint density at radius 1 is 1.10 bits per heavy atom. The first kappa shape index (κ1) is 13.8. The molecule has 0 unspecified atom stereocenters. The molecule has 0 aromatic heterocycles. The normalized spacial score (nSPS) is 11.0. The number of nitrogen functional groups attached to an aromatic ring is 1. The van der Waals surface area contributed by atoms with Crippen LogP contribution in [0.2, 0.25) is 0 Å². The van der Waals surface area contributed by atoms with Gasteiger partial charge in [-0.05, 0) is 30.3 Å². The summed E-state index contributed by atoms with van der Waals surface area (Å²) in [5, 5.41) is 10.6. The number of nitrogens with zero attached hydrogens (tertiary/aromatic N) is 1. The number of benzene rings is 2. The van der Waals surface area contributed by atoms with E-state index in [0.717, 1.165) is 6.07 Å². The number of rotatable bonds is 4. The lowest BCUT2D eigenvalue weighted by Crippen LogP contribution is -2.09. The van der Waals surface area contributed by atoms with Gasteiger partial charge in [0, 0.05) is 11.8 Å². The van der Waals surface area contributed by atoms with Gasteiger partial charge < -0.3 is 9.92 Å². The second kappa shape index (κ2) is 5.17. The Balaban J connectivity index is 2.31. The Morgan fingerprint density at radius 3 is 2.35 bits per heavy atom. The van der Waals surface area contributed by atoms with Gasteiger partial charge in [0.25, 0.3) is 5.69 Å². The summed E-state index contributed by atoms with van der Waals surface area (Å²) in [7, 11) is -4.05. The fourth-order valence-corrected chi connectivity index (χ4v) is 2.38. The third-order valence-corrected chi connectivity index (χ3v) is 3.66. The molecular formula is C12H10N2O5S. The quantitative estimate of drug-likeness (QED) is 0.399. The Hall–Kier alpha value is -2.61. The van der Waals surface area contributed by atoms with Crippen molar-refractivity contribution in [2.75, 3.05) is 5.73 Å². The maximum atomic E-state index is 12.0. The van der Waals surface area contributed by atoms with Crippen molar-refractivity contribution in [2.24, 2.45) is 0 Å². The second-order valence-corrected chi connectivity index (χ2v) is 5.41. The number of nitro benzene ring substituents is 1. The van der Waals surface area contributed by atoms with Crippen LogP contribution in [0.1, 0.15) is 0 Å². The van der Waals surface area contributed by atoms with E-state index in [-0.39, 0.29) is 16.3 Å². The predicted molar refractivity (Wildman–Crippen MR) is 71.8 cm³/mol. The van der Waals surface area contributed by atoms with Crippen LogP contribution in [0, 0.1) is 10.1 Å². The van der Waals surface area contributed by atoms with Crippen molar-refractivity contribution in [2.45, 2.75) is 4.90 Å². The smallest absolute Gasteiger partial charge is 0.339 e. The summed E-state index contributed by atoms with van der Waals surface area (Å²) in [6, 6.07) is 10.4. The van der Waals surface area contributed by atoms with E-state index in [1.54, 1.807) is 0 Å². The van der Waals surface area contributed by atoms with Crippen molar-refractivity contribution >= 4 is 21.5 Å². The van der Waals surface area contributed by atoms with Crippen molar-refractivity contribution in [3.05, 3.63) is 58.6 Å². The Morgan fingerprint density at radius 2 is 1.75 bits per heavy atom. The van der Waals surface area contributed by atoms with Crippen molar-refractivity contribution in [3.63, 3.8) is 0 Å². The van der Waals surface area contributed by atoms with Gasteiger partial charge >= 0.3 is 10.1 Å². The van der Waals surface area contributed by atoms with Crippen LogP contribution in [0.4, 0.5) is 11.4 Å². The van der Waals surface area contributed by atoms with Gasteiger partial charge in [0.05, 0.1) is 11.0 Å². The largest absolute Gasteiger partial charge is 0.399 e. The summed E-state index contributed by atoms with van der Waals surface area (Å²) >= 11 is 0. The molecule has 0 aliphatic rings. The van der Waals surface area contributed by atoms with Gasteiger partial charge in [0.1, 0.15) is 10.6 Å². The zero-order valence-corrected chi connectivity index (χ0v) is 10.9. The average molecular weight is 294 g/mol. The summed E-state index contributed by atoms with van der Waals surface area (Å²) < 4.78 is 28.8. The maximum Gasteiger partial charge on any atom is 0.339 e. The number of nitrogens with two attached hydrogens (primary N) is 1. The number of nitro groups is 1. The number of non-ortho nitro benzene ring substituents is 1. The van der Waals surface area contributed by atoms with E-state index in [1.807, 2.05) is 0 Å². The van der Waals surface area contributed by atoms with Crippen molar-refractivity contribution in [1.82, 2.24) is 0 Å². The standard InChI is InChI=1S/C12H10N2O5S/c13-9-4-6-12(7-5-9)20(17,18)19-11-3-1-2-10(8-11)14(15)16/h1-8H,13H2. The monoisotopic (exact) mass is 294 g/mol. The highest BCUT2D eigenvalue weighted by Crippen LogP contribution is 2.23. The summed E-state index contributed by atoms with van der Waals surface area (Å²) in [4.78, 5) is 9.89. The molecule has 0 fully saturated rings. The zero-order chi connectivity index (χ0) is 14.8. The van der Waals surface area contributed by atoms with E-state index >= 15 is 0 Å². The molecule has 0 atom stereocenters. The molecule has 0 spiro atoms. The summed E-state index contributed by atoms with van der Waals surface area (Å²) in [5.74, 6) is -0.129. The van der Waals surface area contributed by atoms with Crippen LogP contribution in [-0.4, -0.2) is 13.3 Å². The van der Waals surface area contributed by atoms with Crippen molar-refractivity contribution in [1.29, 1.82) is 0 Å². The average Bonchev–Trinajstić information content (AvgIpc) is 2.39. The van der Waals surface area contributed by atoms with E-state index in [9.17, 15) is 18.5 Å². The number of anilines is 1. The van der Waals surface area contributed by atoms with Gasteiger partial charge in [-0.2, -0.15) is 8.42 Å². The highest BCUT2D eigenvalue weighted by molar-refractivity contribution is 7.87. The van der Waals surface area contributed by atoms with Gasteiger partial charge in [-0.3, -0.25) is 10.1 Å². The SMILES string of the molecule is Nc1ccc(S(=O)(=O)Oc2cccc([N+](=O)[O-])c2)cc1. The molecule has 0 heterocycles. The van der Waals surface area contributed by atoms with Gasteiger partial charge in [-0.25, -0.2) is 0 Å². The molecular weight excluding hydrogens is 284 g/mol. The number of hydrogen-bond donors (Lipinski definition) is 1. The molecule has 104 valence electrons. The molecule has 0 aliphatic heterocycles. The van der Waals surface area contributed by atoms with Crippen LogP contribution >= 0.6 is 0 Å². The van der Waals surface area contributed by atoms with Gasteiger partial charge in [0.15, 0.2) is 0 Å². The lowest BCUT2D eigenvalue weighted by molar-refractivity contribution is -0.384. The first-order chi connectivity index (χ1) is 9.38. The predicted octanol–water partition coefficient (Wildman–Crippen LogP) is 1.94. The second-order valence-electron chi connectivity index (χ2n) is 3.86. The van der Waals surface area contributed by atoms with Crippen LogP contribution in [0.5, 0.6) is 5.75 Å². The molecule has 2 aromatic carbocycles. The summed E-state index contributed by atoms with van der Waals surface area (Å²) in [6.45, 7) is 0. The van der Waals surface area contributed by atoms with Crippen LogP contribution in [-0.2, 0) is 10.1 Å². The van der Waals surface area contributed by atoms with E-state index in [4.69, 9.17) is 9.92 Å². The van der Waals surface area contributed by atoms with E-state index in [1.165, 1.54) is 42.5 Å². The maximum absolute atomic E-state index is 12.0. The van der Waals surface area contributed by atoms with Gasteiger partial charge in [-0.15, -0.1) is 0 Å². The molecule has 8 heteroatoms. The fourth-order valence-electron chi connectivity index (χ4n) is 1.46. The molecule has 7 nitrogen and oxygen atoms in total. The molecule has 0 saturated carbocycles. The zero-order valence-electron chi connectivity index (χ0n) is 10.1. The summed E-state index contributed by atoms with van der Waals surface area (Å²) in [5.41, 5.74) is 5.63. The minimum atomic E-state index is -4.05. The van der Waals surface area contributed by atoms with Gasteiger partial charge in [0.2, 0.25) is 0 Å². The third-order valence-electron chi connectivity index (χ3n) is 2.40. The Kier molecular flexibility index (Phi) is 3.57. The minimum absolute atomic E-state index is 0.0850. The topological polar surface area (TPSA) is 113 Å². The van der Waals surface area contributed by atoms with Crippen LogP contribution in [0.3, 0.4) is 0 Å². The first-order valence-corrected chi connectivity index (χ1v) is 6.84. The molecule has 0 amide bonds. The summed E-state index contributed by atoms with van der Waals surface area (Å²) in [6.07, 6.45) is 0. The minimum Gasteiger partial charge on any atom is -0.399 e. The molecule has 0 saturated heterocycles. The highest BCUT2D eigenvalue weighted by Gasteiger charge is 2.17. The fraction of sp³-hybridized carbons (Fsp3) is 0. The van der Waals surface area contributed by atoms with Gasteiger partial charge in [-0.1, -0.05) is 6.07 Å². The van der Waals surface area contributed by atoms with E-state index in [2.05, 4.69) is 0 Å². The Bertz CT molecular complexity index is 741. The molecule has 0 radical (unpaired) electrons. The third kappa shape index (κ3) is 3.04. The van der Waals surface area contributed by atoms with Crippen molar-refractivity contribution < 1.29 is 17.5 Å². The Labute approximate surface area is 114 Å². The van der Waals surface area contributed by atoms with E-state index < -0.39 is 15.0 Å². The number of hydrogen-bond acceptors (Lipinski definition) is 6. The van der Waals surface area contributed by atoms with Crippen LogP contribution in [0.25, 0.3) is 0 Å². The molecule has 2 N–H and O–H groups in total. The van der Waals surface area contributed by atoms with Crippen LogP contribution < -0.4 is 9.92 Å². The van der Waals surface area contributed by atoms with Crippen LogP contribution in [0.15, 0.2) is 53.4 Å². The lowest BCUT2D eigenvalue weighted by Gasteiger charge is -2.06. The highest BCUT2D eigenvalue weighted by atomic mass is 32.2. The van der Waals surface area contributed by atoms with E-state index in [0.29, 0.717) is 5.69 Å². The molecule has 2 aromatic rings. The molecule has 20 heavy (non-hydrogen) atoms. The molecule has 0 aliphatic carbocycles. The van der Waals surface area contributed by atoms with Crippen molar-refractivity contribution in [3.8, 4) is 5.75 Å².